The molecule has 0 atom stereocenters. The van der Waals surface area contributed by atoms with Crippen molar-refractivity contribution in [2.45, 2.75) is 24.7 Å². The molecule has 0 fully saturated rings. The highest BCUT2D eigenvalue weighted by Gasteiger charge is 2.19. The van der Waals surface area contributed by atoms with Gasteiger partial charge < -0.3 is 5.73 Å². The summed E-state index contributed by atoms with van der Waals surface area (Å²) in [5, 5.41) is 7.06. The van der Waals surface area contributed by atoms with Crippen molar-refractivity contribution >= 4 is 33.1 Å². The summed E-state index contributed by atoms with van der Waals surface area (Å²) >= 11 is 5.75. The number of sulfonamides is 1. The van der Waals surface area contributed by atoms with Crippen LogP contribution in [0.4, 0.5) is 11.5 Å². The number of benzene rings is 1. The van der Waals surface area contributed by atoms with Gasteiger partial charge in [-0.1, -0.05) is 25.4 Å². The number of nitrogens with one attached hydrogen (secondary N) is 2. The third kappa shape index (κ3) is 3.05. The largest absolute Gasteiger partial charge is 0.398 e. The van der Waals surface area contributed by atoms with Gasteiger partial charge in [0.15, 0.2) is 5.82 Å². The summed E-state index contributed by atoms with van der Waals surface area (Å²) in [6.07, 6.45) is 0. The predicted octanol–water partition coefficient (Wildman–Crippen LogP) is 2.57. The molecule has 1 aromatic heterocycles. The maximum atomic E-state index is 12.2. The van der Waals surface area contributed by atoms with Crippen molar-refractivity contribution in [3.8, 4) is 0 Å². The Morgan fingerprint density at radius 3 is 2.60 bits per heavy atom. The fraction of sp³-hybridized carbons (Fsp3) is 0.250. The van der Waals surface area contributed by atoms with Gasteiger partial charge in [-0.15, -0.1) is 0 Å². The molecule has 4 N–H and O–H groups in total. The number of aromatic nitrogens is 2. The van der Waals surface area contributed by atoms with Crippen LogP contribution in [0.2, 0.25) is 5.02 Å². The molecule has 0 amide bonds. The van der Waals surface area contributed by atoms with Gasteiger partial charge in [0, 0.05) is 16.8 Å². The van der Waals surface area contributed by atoms with E-state index in [2.05, 4.69) is 14.9 Å². The molecule has 0 aliphatic carbocycles. The van der Waals surface area contributed by atoms with Gasteiger partial charge in [0.1, 0.15) is 4.90 Å². The van der Waals surface area contributed by atoms with Gasteiger partial charge in [-0.05, 0) is 24.1 Å². The zero-order valence-electron chi connectivity index (χ0n) is 11.0. The second-order valence-electron chi connectivity index (χ2n) is 4.65. The monoisotopic (exact) mass is 314 g/mol. The van der Waals surface area contributed by atoms with Crippen LogP contribution >= 0.6 is 11.6 Å². The fourth-order valence-corrected chi connectivity index (χ4v) is 2.93. The zero-order valence-corrected chi connectivity index (χ0v) is 12.6. The highest BCUT2D eigenvalue weighted by molar-refractivity contribution is 7.92. The van der Waals surface area contributed by atoms with E-state index in [0.29, 0.717) is 5.02 Å². The van der Waals surface area contributed by atoms with E-state index in [1.165, 1.54) is 18.2 Å². The quantitative estimate of drug-likeness (QED) is 0.755. The molecule has 0 unspecified atom stereocenters. The molecule has 0 bridgehead atoms. The molecule has 6 nitrogen and oxygen atoms in total. The fourth-order valence-electron chi connectivity index (χ4n) is 1.64. The lowest BCUT2D eigenvalue weighted by atomic mass is 10.1. The van der Waals surface area contributed by atoms with E-state index in [0.717, 1.165) is 5.69 Å². The van der Waals surface area contributed by atoms with Crippen molar-refractivity contribution in [1.82, 2.24) is 10.2 Å². The lowest BCUT2D eigenvalue weighted by Gasteiger charge is -2.08. The minimum Gasteiger partial charge on any atom is -0.398 e. The number of rotatable bonds is 4. The molecule has 1 heterocycles. The Kier molecular flexibility index (Phi) is 3.92. The number of halogens is 1. The lowest BCUT2D eigenvalue weighted by Crippen LogP contribution is -2.15. The molecular weight excluding hydrogens is 300 g/mol. The number of hydrogen-bond donors (Lipinski definition) is 3. The number of aromatic amines is 1. The van der Waals surface area contributed by atoms with Crippen LogP contribution in [-0.2, 0) is 10.0 Å². The van der Waals surface area contributed by atoms with Crippen molar-refractivity contribution in [3.05, 3.63) is 35.0 Å². The van der Waals surface area contributed by atoms with Gasteiger partial charge in [0.25, 0.3) is 10.0 Å². The van der Waals surface area contributed by atoms with Crippen molar-refractivity contribution < 1.29 is 8.42 Å². The highest BCUT2D eigenvalue weighted by Crippen LogP contribution is 2.24. The number of hydrogen-bond acceptors (Lipinski definition) is 4. The molecule has 8 heteroatoms. The molecule has 2 aromatic rings. The van der Waals surface area contributed by atoms with E-state index in [1.807, 2.05) is 13.8 Å². The Hall–Kier alpha value is -1.73. The van der Waals surface area contributed by atoms with E-state index >= 15 is 0 Å². The van der Waals surface area contributed by atoms with Crippen LogP contribution in [0, 0.1) is 0 Å². The molecule has 108 valence electrons. The first-order chi connectivity index (χ1) is 9.29. The second kappa shape index (κ2) is 5.34. The minimum absolute atomic E-state index is 0.0315. The van der Waals surface area contributed by atoms with E-state index in [4.69, 9.17) is 17.3 Å². The van der Waals surface area contributed by atoms with Crippen LogP contribution in [0.5, 0.6) is 0 Å². The SMILES string of the molecule is CC(C)c1cc(NS(=O)(=O)c2ccc(Cl)cc2N)n[nH]1. The van der Waals surface area contributed by atoms with E-state index in [9.17, 15) is 8.42 Å². The Labute approximate surface area is 122 Å². The van der Waals surface area contributed by atoms with Crippen molar-refractivity contribution in [2.24, 2.45) is 0 Å². The first-order valence-corrected chi connectivity index (χ1v) is 7.79. The molecule has 0 aliphatic heterocycles. The number of nitrogens with zero attached hydrogens (tertiary/aromatic N) is 1. The van der Waals surface area contributed by atoms with Gasteiger partial charge in [-0.3, -0.25) is 9.82 Å². The molecule has 20 heavy (non-hydrogen) atoms. The zero-order chi connectivity index (χ0) is 14.9. The molecule has 0 saturated carbocycles. The Balaban J connectivity index is 2.30. The second-order valence-corrected chi connectivity index (χ2v) is 6.74. The van der Waals surface area contributed by atoms with Gasteiger partial charge in [-0.25, -0.2) is 8.42 Å². The number of anilines is 2. The van der Waals surface area contributed by atoms with Crippen LogP contribution in [0.3, 0.4) is 0 Å². The standard InChI is InChI=1S/C12H15ClN4O2S/c1-7(2)10-6-12(16-15-10)17-20(18,19)11-4-3-8(13)5-9(11)14/h3-7H,14H2,1-2H3,(H2,15,16,17). The smallest absolute Gasteiger partial charge is 0.265 e. The Morgan fingerprint density at radius 1 is 1.35 bits per heavy atom. The van der Waals surface area contributed by atoms with E-state index in [-0.39, 0.29) is 22.3 Å². The van der Waals surface area contributed by atoms with Crippen LogP contribution in [0.25, 0.3) is 0 Å². The summed E-state index contributed by atoms with van der Waals surface area (Å²) in [7, 11) is -3.79. The maximum absolute atomic E-state index is 12.2. The van der Waals surface area contributed by atoms with Crippen molar-refractivity contribution in [2.75, 3.05) is 10.5 Å². The maximum Gasteiger partial charge on any atom is 0.265 e. The highest BCUT2D eigenvalue weighted by atomic mass is 35.5. The summed E-state index contributed by atoms with van der Waals surface area (Å²) in [6, 6.07) is 5.86. The van der Waals surface area contributed by atoms with E-state index < -0.39 is 10.0 Å². The summed E-state index contributed by atoms with van der Waals surface area (Å²) in [4.78, 5) is -0.0315. The third-order valence-corrected chi connectivity index (χ3v) is 4.38. The predicted molar refractivity (Wildman–Crippen MR) is 79.3 cm³/mol. The van der Waals surface area contributed by atoms with Crippen molar-refractivity contribution in [3.63, 3.8) is 0 Å². The Morgan fingerprint density at radius 2 is 2.05 bits per heavy atom. The average molecular weight is 315 g/mol. The van der Waals surface area contributed by atoms with Crippen LogP contribution in [-0.4, -0.2) is 18.6 Å². The normalized spacial score (nSPS) is 11.8. The number of H-pyrrole nitrogens is 1. The summed E-state index contributed by atoms with van der Waals surface area (Å²) in [6.45, 7) is 3.95. The summed E-state index contributed by atoms with van der Waals surface area (Å²) in [5.74, 6) is 0.449. The van der Waals surface area contributed by atoms with Gasteiger partial charge in [0.05, 0.1) is 5.69 Å². The molecular formula is C12H15ClN4O2S. The summed E-state index contributed by atoms with van der Waals surface area (Å²) < 4.78 is 26.8. The molecule has 2 rings (SSSR count). The number of nitrogens with two attached hydrogens (primary N) is 1. The lowest BCUT2D eigenvalue weighted by molar-refractivity contribution is 0.601. The average Bonchev–Trinajstić information content (AvgIpc) is 2.76. The van der Waals surface area contributed by atoms with Gasteiger partial charge in [0.2, 0.25) is 0 Å². The molecule has 0 radical (unpaired) electrons. The van der Waals surface area contributed by atoms with Gasteiger partial charge >= 0.3 is 0 Å². The molecule has 0 saturated heterocycles. The number of nitrogen functional groups attached to an aromatic ring is 1. The third-order valence-electron chi connectivity index (χ3n) is 2.72. The molecule has 1 aromatic carbocycles. The first kappa shape index (κ1) is 14.7. The van der Waals surface area contributed by atoms with Crippen molar-refractivity contribution in [1.29, 1.82) is 0 Å². The van der Waals surface area contributed by atoms with Crippen LogP contribution in [0.1, 0.15) is 25.5 Å². The van der Waals surface area contributed by atoms with E-state index in [1.54, 1.807) is 6.07 Å². The molecule has 0 spiro atoms. The van der Waals surface area contributed by atoms with Crippen LogP contribution in [0.15, 0.2) is 29.2 Å². The van der Waals surface area contributed by atoms with Gasteiger partial charge in [-0.2, -0.15) is 5.10 Å². The topological polar surface area (TPSA) is 101 Å². The first-order valence-electron chi connectivity index (χ1n) is 5.93. The summed E-state index contributed by atoms with van der Waals surface area (Å²) in [5.41, 5.74) is 6.61. The Bertz CT molecular complexity index is 725. The molecule has 0 aliphatic rings. The van der Waals surface area contributed by atoms with Crippen LogP contribution < -0.4 is 10.5 Å². The minimum atomic E-state index is -3.79.